The number of thiophene rings is 1. The molecule has 3 nitrogen and oxygen atoms in total. The van der Waals surface area contributed by atoms with Crippen molar-refractivity contribution in [2.24, 2.45) is 0 Å². The summed E-state index contributed by atoms with van der Waals surface area (Å²) in [5, 5.41) is 5.65. The van der Waals surface area contributed by atoms with Gasteiger partial charge in [-0.15, -0.1) is 11.3 Å². The van der Waals surface area contributed by atoms with Gasteiger partial charge in [-0.3, -0.25) is 0 Å². The van der Waals surface area contributed by atoms with Crippen molar-refractivity contribution in [3.8, 4) is 11.5 Å². The molecule has 0 aliphatic rings. The maximum absolute atomic E-state index is 5.42. The van der Waals surface area contributed by atoms with Crippen LogP contribution in [0.4, 0.5) is 0 Å². The standard InChI is InChI=1S/C15H18BrNO2S/c1-10(17-8-11-6-15(16)20-9-11)13-7-12(18-2)4-5-14(13)19-3/h4-7,9-10,17H,8H2,1-3H3. The third kappa shape index (κ3) is 3.75. The number of ether oxygens (including phenoxy) is 2. The normalized spacial score (nSPS) is 12.2. The van der Waals surface area contributed by atoms with Crippen molar-refractivity contribution in [2.75, 3.05) is 14.2 Å². The largest absolute Gasteiger partial charge is 0.497 e. The molecule has 108 valence electrons. The van der Waals surface area contributed by atoms with E-state index in [1.807, 2.05) is 18.2 Å². The van der Waals surface area contributed by atoms with Gasteiger partial charge in [-0.1, -0.05) is 0 Å². The molecule has 0 saturated heterocycles. The topological polar surface area (TPSA) is 30.5 Å². The average molecular weight is 356 g/mol. The van der Waals surface area contributed by atoms with Gasteiger partial charge in [-0.2, -0.15) is 0 Å². The van der Waals surface area contributed by atoms with Gasteiger partial charge in [0.2, 0.25) is 0 Å². The zero-order chi connectivity index (χ0) is 14.5. The first-order valence-electron chi connectivity index (χ1n) is 6.32. The SMILES string of the molecule is COc1ccc(OC)c(C(C)NCc2csc(Br)c2)c1. The maximum Gasteiger partial charge on any atom is 0.123 e. The Hall–Kier alpha value is -1.04. The monoisotopic (exact) mass is 355 g/mol. The molecule has 0 fully saturated rings. The van der Waals surface area contributed by atoms with Gasteiger partial charge >= 0.3 is 0 Å². The summed E-state index contributed by atoms with van der Waals surface area (Å²) in [7, 11) is 3.36. The molecule has 0 aliphatic carbocycles. The minimum absolute atomic E-state index is 0.179. The van der Waals surface area contributed by atoms with Crippen LogP contribution in [0.2, 0.25) is 0 Å². The number of benzene rings is 1. The van der Waals surface area contributed by atoms with E-state index < -0.39 is 0 Å². The molecule has 0 amide bonds. The lowest BCUT2D eigenvalue weighted by Crippen LogP contribution is -2.18. The number of nitrogens with one attached hydrogen (secondary N) is 1. The van der Waals surface area contributed by atoms with E-state index in [4.69, 9.17) is 9.47 Å². The van der Waals surface area contributed by atoms with E-state index in [0.717, 1.165) is 27.4 Å². The van der Waals surface area contributed by atoms with Crippen LogP contribution in [0.3, 0.4) is 0 Å². The molecule has 1 unspecified atom stereocenters. The summed E-state index contributed by atoms with van der Waals surface area (Å²) in [6.45, 7) is 2.95. The second kappa shape index (κ2) is 7.11. The second-order valence-electron chi connectivity index (χ2n) is 4.47. The van der Waals surface area contributed by atoms with Crippen LogP contribution < -0.4 is 14.8 Å². The van der Waals surface area contributed by atoms with Crippen molar-refractivity contribution >= 4 is 27.3 Å². The van der Waals surface area contributed by atoms with Crippen molar-refractivity contribution < 1.29 is 9.47 Å². The number of hydrogen-bond acceptors (Lipinski definition) is 4. The van der Waals surface area contributed by atoms with Crippen LogP contribution in [0.5, 0.6) is 11.5 Å². The fourth-order valence-corrected chi connectivity index (χ4v) is 3.21. The van der Waals surface area contributed by atoms with Crippen molar-refractivity contribution in [1.82, 2.24) is 5.32 Å². The summed E-state index contributed by atoms with van der Waals surface area (Å²) in [6, 6.07) is 8.17. The highest BCUT2D eigenvalue weighted by Gasteiger charge is 2.12. The van der Waals surface area contributed by atoms with Gasteiger partial charge in [-0.25, -0.2) is 0 Å². The molecule has 1 N–H and O–H groups in total. The zero-order valence-corrected chi connectivity index (χ0v) is 14.2. The van der Waals surface area contributed by atoms with Crippen molar-refractivity contribution in [2.45, 2.75) is 19.5 Å². The van der Waals surface area contributed by atoms with E-state index in [2.05, 4.69) is 39.6 Å². The average Bonchev–Trinajstić information content (AvgIpc) is 2.89. The molecule has 1 heterocycles. The zero-order valence-electron chi connectivity index (χ0n) is 11.8. The molecule has 1 aromatic heterocycles. The Kier molecular flexibility index (Phi) is 5.46. The fraction of sp³-hybridized carbons (Fsp3) is 0.333. The molecule has 2 rings (SSSR count). The van der Waals surface area contributed by atoms with E-state index in [1.54, 1.807) is 25.6 Å². The van der Waals surface area contributed by atoms with Gasteiger partial charge in [0, 0.05) is 18.2 Å². The number of rotatable bonds is 6. The summed E-state index contributed by atoms with van der Waals surface area (Å²) in [4.78, 5) is 0. The van der Waals surface area contributed by atoms with Crippen molar-refractivity contribution in [1.29, 1.82) is 0 Å². The van der Waals surface area contributed by atoms with Crippen LogP contribution in [-0.2, 0) is 6.54 Å². The quantitative estimate of drug-likeness (QED) is 0.833. The minimum Gasteiger partial charge on any atom is -0.497 e. The Labute approximate surface area is 132 Å². The molecule has 0 spiro atoms. The Morgan fingerprint density at radius 1 is 1.25 bits per heavy atom. The first-order valence-corrected chi connectivity index (χ1v) is 7.99. The Morgan fingerprint density at radius 3 is 2.65 bits per heavy atom. The summed E-state index contributed by atoms with van der Waals surface area (Å²) >= 11 is 5.18. The molecule has 1 atom stereocenters. The smallest absolute Gasteiger partial charge is 0.123 e. The molecule has 0 aliphatic heterocycles. The summed E-state index contributed by atoms with van der Waals surface area (Å²) in [5.74, 6) is 1.71. The lowest BCUT2D eigenvalue weighted by Gasteiger charge is -2.18. The van der Waals surface area contributed by atoms with E-state index in [0.29, 0.717) is 0 Å². The van der Waals surface area contributed by atoms with E-state index >= 15 is 0 Å². The van der Waals surface area contributed by atoms with Gasteiger partial charge in [-0.05, 0) is 58.1 Å². The van der Waals surface area contributed by atoms with E-state index in [-0.39, 0.29) is 6.04 Å². The van der Waals surface area contributed by atoms with Crippen LogP contribution >= 0.6 is 27.3 Å². The number of methoxy groups -OCH3 is 2. The van der Waals surface area contributed by atoms with Crippen LogP contribution in [0.15, 0.2) is 33.4 Å². The number of halogens is 1. The predicted molar refractivity (Wildman–Crippen MR) is 86.8 cm³/mol. The third-order valence-corrected chi connectivity index (χ3v) is 4.69. The molecule has 0 saturated carbocycles. The fourth-order valence-electron chi connectivity index (χ4n) is 2.00. The number of hydrogen-bond donors (Lipinski definition) is 1. The van der Waals surface area contributed by atoms with Crippen molar-refractivity contribution in [3.63, 3.8) is 0 Å². The minimum atomic E-state index is 0.179. The van der Waals surface area contributed by atoms with Crippen molar-refractivity contribution in [3.05, 3.63) is 44.6 Å². The lowest BCUT2D eigenvalue weighted by atomic mass is 10.1. The highest BCUT2D eigenvalue weighted by Crippen LogP contribution is 2.29. The van der Waals surface area contributed by atoms with Gasteiger partial charge < -0.3 is 14.8 Å². The van der Waals surface area contributed by atoms with Gasteiger partial charge in [0.15, 0.2) is 0 Å². The highest BCUT2D eigenvalue weighted by molar-refractivity contribution is 9.11. The predicted octanol–water partition coefficient (Wildman–Crippen LogP) is 4.38. The first kappa shape index (κ1) is 15.4. The van der Waals surface area contributed by atoms with E-state index in [9.17, 15) is 0 Å². The summed E-state index contributed by atoms with van der Waals surface area (Å²) < 4.78 is 11.9. The Morgan fingerprint density at radius 2 is 2.05 bits per heavy atom. The molecular formula is C15H18BrNO2S. The van der Waals surface area contributed by atoms with Gasteiger partial charge in [0.05, 0.1) is 18.0 Å². The highest BCUT2D eigenvalue weighted by atomic mass is 79.9. The molecule has 1 aromatic carbocycles. The third-order valence-electron chi connectivity index (χ3n) is 3.14. The Bertz CT molecular complexity index is 571. The molecule has 5 heteroatoms. The molecule has 0 bridgehead atoms. The molecule has 2 aromatic rings. The van der Waals surface area contributed by atoms with Crippen LogP contribution in [0.25, 0.3) is 0 Å². The van der Waals surface area contributed by atoms with Gasteiger partial charge in [0.1, 0.15) is 11.5 Å². The summed E-state index contributed by atoms with van der Waals surface area (Å²) in [6.07, 6.45) is 0. The summed E-state index contributed by atoms with van der Waals surface area (Å²) in [5.41, 5.74) is 2.37. The van der Waals surface area contributed by atoms with Crippen LogP contribution in [0.1, 0.15) is 24.1 Å². The second-order valence-corrected chi connectivity index (χ2v) is 6.76. The molecular weight excluding hydrogens is 338 g/mol. The van der Waals surface area contributed by atoms with Crippen LogP contribution in [-0.4, -0.2) is 14.2 Å². The van der Waals surface area contributed by atoms with Gasteiger partial charge in [0.25, 0.3) is 0 Å². The first-order chi connectivity index (χ1) is 9.63. The lowest BCUT2D eigenvalue weighted by molar-refractivity contribution is 0.391. The van der Waals surface area contributed by atoms with Crippen LogP contribution in [0, 0.1) is 0 Å². The maximum atomic E-state index is 5.42. The van der Waals surface area contributed by atoms with E-state index in [1.165, 1.54) is 5.56 Å². The Balaban J connectivity index is 2.09. The molecule has 20 heavy (non-hydrogen) atoms. The molecule has 0 radical (unpaired) electrons.